The zero-order valence-corrected chi connectivity index (χ0v) is 37.3. The van der Waals surface area contributed by atoms with Crippen LogP contribution < -0.4 is 15.0 Å². The van der Waals surface area contributed by atoms with Crippen molar-refractivity contribution in [1.29, 1.82) is 0 Å². The number of halogens is 2. The summed E-state index contributed by atoms with van der Waals surface area (Å²) >= 11 is 1.46. The molecule has 6 aromatic rings. The van der Waals surface area contributed by atoms with Crippen LogP contribution in [0, 0.1) is 20.8 Å². The van der Waals surface area contributed by atoms with Gasteiger partial charge in [0.05, 0.1) is 17.1 Å². The number of piperazine rings is 1. The molecule has 12 nitrogen and oxygen atoms in total. The number of Topliss-reactive ketones (excluding diaryl/α,β-unsaturated/α-hetero) is 1. The van der Waals surface area contributed by atoms with Gasteiger partial charge in [0.2, 0.25) is 5.91 Å². The molecule has 328 valence electrons. The van der Waals surface area contributed by atoms with E-state index in [1.807, 2.05) is 84.1 Å². The molecule has 0 bridgehead atoms. The van der Waals surface area contributed by atoms with Crippen LogP contribution in [0.1, 0.15) is 86.1 Å². The average molecular weight is 883 g/mol. The number of anilines is 1. The number of carbonyl (C=O) groups is 3. The van der Waals surface area contributed by atoms with Crippen LogP contribution in [0.4, 0.5) is 14.4 Å². The van der Waals surface area contributed by atoms with E-state index in [2.05, 4.69) is 22.1 Å². The van der Waals surface area contributed by atoms with Gasteiger partial charge in [-0.25, -0.2) is 4.98 Å². The van der Waals surface area contributed by atoms with E-state index in [-0.39, 0.29) is 36.5 Å². The largest absolute Gasteiger partial charge is 0.737 e. The number of hydrogen-bond donors (Lipinski definition) is 1. The van der Waals surface area contributed by atoms with Crippen molar-refractivity contribution in [3.63, 3.8) is 0 Å². The number of fused-ring (bicyclic) bond motifs is 3. The molecular weight excluding hydrogens is 833 g/mol. The summed E-state index contributed by atoms with van der Waals surface area (Å²) in [6.45, 7) is 8.00. The van der Waals surface area contributed by atoms with Gasteiger partial charge < -0.3 is 37.4 Å². The minimum atomic E-state index is -4.06. The quantitative estimate of drug-likeness (QED) is 0.0921. The molecule has 1 atom stereocenters. The number of ether oxygens (including phenoxy) is 1. The van der Waals surface area contributed by atoms with Crippen LogP contribution in [0.2, 0.25) is 0 Å². The van der Waals surface area contributed by atoms with Crippen molar-refractivity contribution in [3.05, 3.63) is 147 Å². The average Bonchev–Trinajstić information content (AvgIpc) is 4.05. The number of ketones is 1. The standard InChI is InChI=1S/C48H49BF2N8O4S/c1-30-21-31(2)58-43(30)23-40-15-14-39(59(40)49(58,50)51)16-18-46(61)53-25-35-9-11-36(12-10-35)29-63-41-8-6-7-37(22-41)28-57-48-42(33(4)54-57)24-44(64-48)47(62)55-19-20-56(32(3)27-55)45-17-13-38(26-52-45)34(5)60/h6-15,17,21-24,26,32H,16,18-20,25,27-29H2,1-5H3,(H,53,61)/t32-/m1/s1. The number of aryl methyl sites for hydroxylation is 3. The lowest BCUT2D eigenvalue weighted by Gasteiger charge is -2.40. The van der Waals surface area contributed by atoms with Gasteiger partial charge in [-0.15, -0.1) is 11.3 Å². The number of nitrogens with zero attached hydrogens (tertiary/aromatic N) is 7. The molecular formula is C48H49BF2N8O4S. The Hall–Kier alpha value is -6.68. The van der Waals surface area contributed by atoms with Crippen LogP contribution in [-0.4, -0.2) is 84.6 Å². The topological polar surface area (TPSA) is 118 Å². The van der Waals surface area contributed by atoms with Crippen LogP contribution in [0.3, 0.4) is 0 Å². The maximum absolute atomic E-state index is 15.8. The molecule has 64 heavy (non-hydrogen) atoms. The first-order valence-corrected chi connectivity index (χ1v) is 22.4. The first-order valence-electron chi connectivity index (χ1n) is 21.6. The smallest absolute Gasteiger partial charge is 0.489 e. The van der Waals surface area contributed by atoms with Crippen LogP contribution in [-0.2, 0) is 24.5 Å². The van der Waals surface area contributed by atoms with Crippen molar-refractivity contribution >= 4 is 63.7 Å². The van der Waals surface area contributed by atoms with E-state index in [9.17, 15) is 14.4 Å². The minimum Gasteiger partial charge on any atom is -0.489 e. The van der Waals surface area contributed by atoms with Gasteiger partial charge in [0.15, 0.2) is 11.5 Å². The van der Waals surface area contributed by atoms with E-state index in [0.29, 0.717) is 72.6 Å². The molecule has 2 aromatic carbocycles. The molecule has 9 rings (SSSR count). The number of rotatable bonds is 13. The van der Waals surface area contributed by atoms with E-state index in [1.165, 1.54) is 18.3 Å². The third-order valence-electron chi connectivity index (χ3n) is 12.3. The van der Waals surface area contributed by atoms with Crippen molar-refractivity contribution < 1.29 is 32.2 Å². The van der Waals surface area contributed by atoms with E-state index < -0.39 is 6.97 Å². The number of pyridine rings is 1. The predicted octanol–water partition coefficient (Wildman–Crippen LogP) is 8.10. The highest BCUT2D eigenvalue weighted by molar-refractivity contribution is 7.20. The van der Waals surface area contributed by atoms with Gasteiger partial charge in [-0.05, 0) is 99.0 Å². The van der Waals surface area contributed by atoms with Crippen LogP contribution in [0.15, 0.2) is 96.8 Å². The molecule has 4 aromatic heterocycles. The lowest BCUT2D eigenvalue weighted by Crippen LogP contribution is -2.54. The van der Waals surface area contributed by atoms with Gasteiger partial charge >= 0.3 is 6.97 Å². The lowest BCUT2D eigenvalue weighted by molar-refractivity contribution is -0.362. The molecule has 0 saturated carbocycles. The Morgan fingerprint density at radius 3 is 2.52 bits per heavy atom. The number of benzene rings is 2. The Kier molecular flexibility index (Phi) is 11.4. The first kappa shape index (κ1) is 42.6. The van der Waals surface area contributed by atoms with Crippen LogP contribution >= 0.6 is 11.3 Å². The van der Waals surface area contributed by atoms with Crippen molar-refractivity contribution in [1.82, 2.24) is 29.5 Å². The molecule has 7 heterocycles. The normalized spacial score (nSPS) is 16.5. The molecule has 1 saturated heterocycles. The summed E-state index contributed by atoms with van der Waals surface area (Å²) in [5.41, 5.74) is 7.07. The zero-order chi connectivity index (χ0) is 44.9. The monoisotopic (exact) mass is 882 g/mol. The van der Waals surface area contributed by atoms with E-state index in [1.54, 1.807) is 43.5 Å². The fraction of sp³-hybridized carbons (Fsp3) is 0.292. The van der Waals surface area contributed by atoms with Crippen molar-refractivity contribution in [2.24, 2.45) is 0 Å². The predicted molar refractivity (Wildman–Crippen MR) is 246 cm³/mol. The third kappa shape index (κ3) is 8.29. The Morgan fingerprint density at radius 1 is 0.969 bits per heavy atom. The van der Waals surface area contributed by atoms with E-state index >= 15 is 8.63 Å². The number of carbonyl (C=O) groups excluding carboxylic acids is 3. The fourth-order valence-electron chi connectivity index (χ4n) is 8.98. The van der Waals surface area contributed by atoms with Crippen molar-refractivity contribution in [3.8, 4) is 5.75 Å². The fourth-order valence-corrected chi connectivity index (χ4v) is 10.1. The third-order valence-corrected chi connectivity index (χ3v) is 13.5. The number of hydrogen-bond acceptors (Lipinski definition) is 8. The zero-order valence-electron chi connectivity index (χ0n) is 36.5. The first-order chi connectivity index (χ1) is 30.7. The van der Waals surface area contributed by atoms with Gasteiger partial charge in [-0.2, -0.15) is 5.10 Å². The Labute approximate surface area is 374 Å². The summed E-state index contributed by atoms with van der Waals surface area (Å²) in [6.07, 6.45) is 7.08. The molecule has 0 spiro atoms. The molecule has 0 radical (unpaired) electrons. The molecule has 3 aliphatic heterocycles. The molecule has 3 aliphatic rings. The molecule has 16 heteroatoms. The summed E-state index contributed by atoms with van der Waals surface area (Å²) in [6, 6.07) is 23.2. The lowest BCUT2D eigenvalue weighted by atomic mass is 9.90. The maximum atomic E-state index is 15.8. The molecule has 0 unspecified atom stereocenters. The molecule has 0 aliphatic carbocycles. The second-order valence-electron chi connectivity index (χ2n) is 16.9. The van der Waals surface area contributed by atoms with Gasteiger partial charge in [-0.1, -0.05) is 36.4 Å². The summed E-state index contributed by atoms with van der Waals surface area (Å²) in [5, 5.41) is 8.71. The molecule has 1 N–H and O–H groups in total. The SMILES string of the molecule is CC(=O)c1ccc(N2CCN(C(=O)c3cc4c(C)nn(Cc5cccc(OCc6ccc(CNC(=O)CCC7=[N+]8C(=Cc9c(C)cc(C)n9[B-]8(F)F)C=C7)cc6)c5)c4s3)C[C@H]2C)nc1. The van der Waals surface area contributed by atoms with Gasteiger partial charge in [0.25, 0.3) is 5.91 Å². The highest BCUT2D eigenvalue weighted by atomic mass is 32.1. The second kappa shape index (κ2) is 17.1. The van der Waals surface area contributed by atoms with Gasteiger partial charge in [0, 0.05) is 86.1 Å². The number of amides is 2. The van der Waals surface area contributed by atoms with Gasteiger partial charge in [0.1, 0.15) is 28.7 Å². The summed E-state index contributed by atoms with van der Waals surface area (Å²) < 4.78 is 41.9. The summed E-state index contributed by atoms with van der Waals surface area (Å²) in [7, 11) is 0. The molecule has 1 fully saturated rings. The van der Waals surface area contributed by atoms with Crippen LogP contribution in [0.25, 0.3) is 16.3 Å². The van der Waals surface area contributed by atoms with E-state index in [0.717, 1.165) is 58.7 Å². The van der Waals surface area contributed by atoms with Crippen LogP contribution in [0.5, 0.6) is 5.75 Å². The maximum Gasteiger partial charge on any atom is 0.737 e. The Morgan fingerprint density at radius 2 is 1.77 bits per heavy atom. The highest BCUT2D eigenvalue weighted by Crippen LogP contribution is 2.35. The van der Waals surface area contributed by atoms with E-state index in [4.69, 9.17) is 9.84 Å². The van der Waals surface area contributed by atoms with Crippen molar-refractivity contribution in [2.75, 3.05) is 24.5 Å². The number of thiophene rings is 1. The Bertz CT molecular complexity index is 2910. The van der Waals surface area contributed by atoms with Gasteiger partial charge in [-0.3, -0.25) is 19.1 Å². The summed E-state index contributed by atoms with van der Waals surface area (Å²) in [4.78, 5) is 48.5. The van der Waals surface area contributed by atoms with Crippen molar-refractivity contribution in [2.45, 2.75) is 73.2 Å². The highest BCUT2D eigenvalue weighted by Gasteiger charge is 2.52. The Balaban J connectivity index is 0.761. The number of aromatic nitrogens is 4. The second-order valence-corrected chi connectivity index (χ2v) is 18.0. The summed E-state index contributed by atoms with van der Waals surface area (Å²) in [5.74, 6) is 1.29. The molecule has 2 amide bonds. The number of nitrogens with one attached hydrogen (secondary N) is 1. The number of allylic oxidation sites excluding steroid dienone is 2. The minimum absolute atomic E-state index is 0.00617.